The Morgan fingerprint density at radius 3 is 2.44 bits per heavy atom. The summed E-state index contributed by atoms with van der Waals surface area (Å²) in [6.07, 6.45) is 0.164. The molecule has 0 spiro atoms. The number of carboxylic acid groups (broad SMARTS) is 1. The summed E-state index contributed by atoms with van der Waals surface area (Å²) in [5, 5.41) is 15.7. The minimum Gasteiger partial charge on any atom is -0.475 e. The number of amides is 1. The molecule has 4 N–H and O–H groups in total. The molecule has 1 aromatic rings. The summed E-state index contributed by atoms with van der Waals surface area (Å²) in [6.45, 7) is 0.0956. The molecular weight excluding hydrogens is 264 g/mol. The molecule has 1 rings (SSSR count). The van der Waals surface area contributed by atoms with E-state index >= 15 is 0 Å². The zero-order valence-electron chi connectivity index (χ0n) is 9.25. The number of primary sulfonamides is 1. The normalized spacial score (nSPS) is 11.2. The summed E-state index contributed by atoms with van der Waals surface area (Å²) >= 11 is 0. The van der Waals surface area contributed by atoms with Gasteiger partial charge in [0.2, 0.25) is 15.8 Å². The molecule has 0 unspecified atom stereocenters. The van der Waals surface area contributed by atoms with Crippen molar-refractivity contribution in [1.29, 1.82) is 0 Å². The molecule has 0 aromatic carbocycles. The minimum atomic E-state index is -3.55. The Labute approximate surface area is 103 Å². The smallest absolute Gasteiger partial charge is 0.371 e. The van der Waals surface area contributed by atoms with E-state index in [0.29, 0.717) is 0 Å². The van der Waals surface area contributed by atoms with E-state index in [-0.39, 0.29) is 30.2 Å². The van der Waals surface area contributed by atoms with Crippen molar-refractivity contribution < 1.29 is 27.5 Å². The van der Waals surface area contributed by atoms with Crippen molar-refractivity contribution in [2.24, 2.45) is 5.14 Å². The number of hydrogen-bond acceptors (Lipinski definition) is 5. The molecule has 0 saturated carbocycles. The van der Waals surface area contributed by atoms with Crippen LogP contribution in [0.5, 0.6) is 0 Å². The van der Waals surface area contributed by atoms with Gasteiger partial charge in [0.25, 0.3) is 5.91 Å². The van der Waals surface area contributed by atoms with E-state index in [0.717, 1.165) is 6.07 Å². The highest BCUT2D eigenvalue weighted by Gasteiger charge is 2.14. The molecule has 0 aliphatic rings. The molecule has 0 fully saturated rings. The van der Waals surface area contributed by atoms with Crippen LogP contribution in [0.4, 0.5) is 0 Å². The average Bonchev–Trinajstić information content (AvgIpc) is 2.72. The Morgan fingerprint density at radius 1 is 1.33 bits per heavy atom. The first-order valence-corrected chi connectivity index (χ1v) is 6.63. The number of aromatic carboxylic acids is 1. The van der Waals surface area contributed by atoms with Crippen molar-refractivity contribution >= 4 is 21.9 Å². The summed E-state index contributed by atoms with van der Waals surface area (Å²) < 4.78 is 26.0. The Hall–Kier alpha value is -1.87. The van der Waals surface area contributed by atoms with Gasteiger partial charge in [-0.2, -0.15) is 0 Å². The number of rotatable bonds is 6. The van der Waals surface area contributed by atoms with Crippen LogP contribution in [-0.4, -0.2) is 37.7 Å². The van der Waals surface area contributed by atoms with Gasteiger partial charge in [-0.05, 0) is 18.6 Å². The van der Waals surface area contributed by atoms with Crippen LogP contribution in [0.25, 0.3) is 0 Å². The number of nitrogens with one attached hydrogen (secondary N) is 1. The zero-order valence-corrected chi connectivity index (χ0v) is 10.1. The van der Waals surface area contributed by atoms with Gasteiger partial charge >= 0.3 is 5.97 Å². The van der Waals surface area contributed by atoms with E-state index in [2.05, 4.69) is 5.32 Å². The second kappa shape index (κ2) is 5.65. The molecule has 8 nitrogen and oxygen atoms in total. The highest BCUT2D eigenvalue weighted by Crippen LogP contribution is 2.07. The lowest BCUT2D eigenvalue weighted by Gasteiger charge is -2.01. The molecule has 0 aliphatic carbocycles. The fraction of sp³-hybridized carbons (Fsp3) is 0.333. The maximum atomic E-state index is 11.4. The molecule has 1 aromatic heterocycles. The third-order valence-corrected chi connectivity index (χ3v) is 2.79. The summed E-state index contributed by atoms with van der Waals surface area (Å²) in [5.41, 5.74) is 0. The van der Waals surface area contributed by atoms with Gasteiger partial charge < -0.3 is 14.8 Å². The van der Waals surface area contributed by atoms with E-state index < -0.39 is 21.9 Å². The number of hydrogen-bond donors (Lipinski definition) is 3. The van der Waals surface area contributed by atoms with E-state index in [4.69, 9.17) is 14.7 Å². The zero-order chi connectivity index (χ0) is 13.8. The maximum absolute atomic E-state index is 11.4. The Balaban J connectivity index is 2.43. The van der Waals surface area contributed by atoms with Crippen LogP contribution in [0, 0.1) is 0 Å². The first kappa shape index (κ1) is 14.2. The van der Waals surface area contributed by atoms with Gasteiger partial charge in [-0.25, -0.2) is 18.4 Å². The topological polar surface area (TPSA) is 140 Å². The molecule has 1 heterocycles. The van der Waals surface area contributed by atoms with Crippen LogP contribution in [0.15, 0.2) is 16.5 Å². The molecule has 9 heteroatoms. The predicted octanol–water partition coefficient (Wildman–Crippen LogP) is -0.614. The van der Waals surface area contributed by atoms with Gasteiger partial charge in [-0.15, -0.1) is 0 Å². The summed E-state index contributed by atoms with van der Waals surface area (Å²) in [6, 6.07) is 2.38. The fourth-order valence-electron chi connectivity index (χ4n) is 1.14. The Morgan fingerprint density at radius 2 is 1.94 bits per heavy atom. The SMILES string of the molecule is NS(=O)(=O)CCCNC(=O)c1ccc(C(=O)O)o1. The maximum Gasteiger partial charge on any atom is 0.371 e. The number of carboxylic acids is 1. The lowest BCUT2D eigenvalue weighted by molar-refractivity contribution is 0.0659. The third kappa shape index (κ3) is 4.55. The van der Waals surface area contributed by atoms with Crippen LogP contribution in [0.2, 0.25) is 0 Å². The second-order valence-electron chi connectivity index (χ2n) is 3.45. The fourth-order valence-corrected chi connectivity index (χ4v) is 1.68. The van der Waals surface area contributed by atoms with Gasteiger partial charge in [-0.3, -0.25) is 4.79 Å². The Kier molecular flexibility index (Phi) is 4.45. The van der Waals surface area contributed by atoms with Crippen LogP contribution >= 0.6 is 0 Å². The molecular formula is C9H12N2O6S. The molecule has 0 saturated heterocycles. The van der Waals surface area contributed by atoms with Crippen LogP contribution in [0.1, 0.15) is 27.5 Å². The summed E-state index contributed by atoms with van der Waals surface area (Å²) in [7, 11) is -3.55. The minimum absolute atomic E-state index is 0.0956. The molecule has 0 radical (unpaired) electrons. The largest absolute Gasteiger partial charge is 0.475 e. The lowest BCUT2D eigenvalue weighted by Crippen LogP contribution is -2.27. The van der Waals surface area contributed by atoms with Crippen molar-refractivity contribution in [1.82, 2.24) is 5.32 Å². The predicted molar refractivity (Wildman–Crippen MR) is 60.6 cm³/mol. The Bertz CT molecular complexity index is 547. The molecule has 100 valence electrons. The van der Waals surface area contributed by atoms with Gasteiger partial charge in [0.1, 0.15) is 0 Å². The number of sulfonamides is 1. The third-order valence-electron chi connectivity index (χ3n) is 1.93. The van der Waals surface area contributed by atoms with Crippen LogP contribution in [-0.2, 0) is 10.0 Å². The van der Waals surface area contributed by atoms with Gasteiger partial charge in [0.05, 0.1) is 5.75 Å². The highest BCUT2D eigenvalue weighted by molar-refractivity contribution is 7.89. The van der Waals surface area contributed by atoms with Crippen molar-refractivity contribution in [2.75, 3.05) is 12.3 Å². The van der Waals surface area contributed by atoms with Crippen LogP contribution in [0.3, 0.4) is 0 Å². The van der Waals surface area contributed by atoms with E-state index in [1.54, 1.807) is 0 Å². The summed E-state index contributed by atoms with van der Waals surface area (Å²) in [5.74, 6) is -2.63. The van der Waals surface area contributed by atoms with Gasteiger partial charge in [-0.1, -0.05) is 0 Å². The average molecular weight is 276 g/mol. The monoisotopic (exact) mass is 276 g/mol. The van der Waals surface area contributed by atoms with Crippen molar-refractivity contribution in [3.8, 4) is 0 Å². The number of furan rings is 1. The lowest BCUT2D eigenvalue weighted by atomic mass is 10.4. The van der Waals surface area contributed by atoms with Crippen molar-refractivity contribution in [3.05, 3.63) is 23.7 Å². The van der Waals surface area contributed by atoms with Gasteiger partial charge in [0, 0.05) is 6.54 Å². The number of nitrogens with two attached hydrogens (primary N) is 1. The van der Waals surface area contributed by atoms with E-state index in [9.17, 15) is 18.0 Å². The number of carbonyl (C=O) groups excluding carboxylic acids is 1. The van der Waals surface area contributed by atoms with Crippen molar-refractivity contribution in [3.63, 3.8) is 0 Å². The van der Waals surface area contributed by atoms with Gasteiger partial charge in [0.15, 0.2) is 5.76 Å². The molecule has 1 amide bonds. The second-order valence-corrected chi connectivity index (χ2v) is 5.18. The number of carbonyl (C=O) groups is 2. The first-order chi connectivity index (χ1) is 8.29. The standard InChI is InChI=1S/C9H12N2O6S/c10-18(15,16)5-1-4-11-8(12)6-2-3-7(17-6)9(13)14/h2-3H,1,4-5H2,(H,11,12)(H,13,14)(H2,10,15,16). The molecule has 0 atom stereocenters. The van der Waals surface area contributed by atoms with E-state index in [1.807, 2.05) is 0 Å². The molecule has 0 aliphatic heterocycles. The quantitative estimate of drug-likeness (QED) is 0.592. The van der Waals surface area contributed by atoms with Crippen LogP contribution < -0.4 is 10.5 Å². The van der Waals surface area contributed by atoms with Crippen molar-refractivity contribution in [2.45, 2.75) is 6.42 Å². The molecule has 0 bridgehead atoms. The molecule has 18 heavy (non-hydrogen) atoms. The van der Waals surface area contributed by atoms with E-state index in [1.165, 1.54) is 6.07 Å². The summed E-state index contributed by atoms with van der Waals surface area (Å²) in [4.78, 5) is 21.9. The highest BCUT2D eigenvalue weighted by atomic mass is 32.2. The first-order valence-electron chi connectivity index (χ1n) is 4.91.